The second kappa shape index (κ2) is 9.55. The maximum Gasteiger partial charge on any atom is 0.408 e. The van der Waals surface area contributed by atoms with Crippen LogP contribution in [-0.4, -0.2) is 44.4 Å². The van der Waals surface area contributed by atoms with E-state index in [1.807, 2.05) is 30.3 Å². The standard InChI is InChI=1S/C19H28N2O5S/c1-14(20-18(23)26-19(2,3)4)17(22)21-16(11-12-27(5,24)25)13-15-9-7-6-8-10-15/h6-12,14,16H,13H2,1-5H3,(H,20,23)(H,21,22). The zero-order valence-corrected chi connectivity index (χ0v) is 17.2. The number of benzene rings is 1. The largest absolute Gasteiger partial charge is 0.444 e. The Morgan fingerprint density at radius 2 is 1.74 bits per heavy atom. The minimum Gasteiger partial charge on any atom is -0.444 e. The van der Waals surface area contributed by atoms with E-state index >= 15 is 0 Å². The number of hydrogen-bond donors (Lipinski definition) is 2. The van der Waals surface area contributed by atoms with Crippen LogP contribution in [0.15, 0.2) is 41.8 Å². The maximum absolute atomic E-state index is 12.4. The van der Waals surface area contributed by atoms with Gasteiger partial charge in [-0.3, -0.25) is 4.79 Å². The van der Waals surface area contributed by atoms with Gasteiger partial charge in [-0.25, -0.2) is 13.2 Å². The zero-order valence-electron chi connectivity index (χ0n) is 16.4. The van der Waals surface area contributed by atoms with Gasteiger partial charge in [0.1, 0.15) is 11.6 Å². The van der Waals surface area contributed by atoms with Crippen LogP contribution in [0.25, 0.3) is 0 Å². The molecule has 0 aliphatic carbocycles. The Morgan fingerprint density at radius 3 is 2.26 bits per heavy atom. The molecule has 1 rings (SSSR count). The third kappa shape index (κ3) is 10.4. The second-order valence-corrected chi connectivity index (χ2v) is 9.26. The van der Waals surface area contributed by atoms with Crippen molar-refractivity contribution in [2.24, 2.45) is 0 Å². The van der Waals surface area contributed by atoms with Gasteiger partial charge in [-0.05, 0) is 39.7 Å². The maximum atomic E-state index is 12.4. The molecule has 0 spiro atoms. The van der Waals surface area contributed by atoms with Crippen molar-refractivity contribution in [2.45, 2.75) is 51.8 Å². The van der Waals surface area contributed by atoms with Gasteiger partial charge in [-0.2, -0.15) is 0 Å². The van der Waals surface area contributed by atoms with Crippen molar-refractivity contribution in [1.29, 1.82) is 0 Å². The molecule has 2 unspecified atom stereocenters. The Morgan fingerprint density at radius 1 is 1.15 bits per heavy atom. The van der Waals surface area contributed by atoms with E-state index in [9.17, 15) is 18.0 Å². The lowest BCUT2D eigenvalue weighted by Crippen LogP contribution is -2.49. The fourth-order valence-corrected chi connectivity index (χ4v) is 2.61. The molecule has 0 aliphatic heterocycles. The minimum atomic E-state index is -3.33. The second-order valence-electron chi connectivity index (χ2n) is 7.33. The Bertz CT molecular complexity index is 767. The molecule has 0 saturated carbocycles. The molecule has 0 bridgehead atoms. The molecule has 0 fully saturated rings. The number of amides is 2. The molecular weight excluding hydrogens is 368 g/mol. The Kier molecular flexibility index (Phi) is 8.02. The molecule has 27 heavy (non-hydrogen) atoms. The fourth-order valence-electron chi connectivity index (χ4n) is 2.13. The van der Waals surface area contributed by atoms with Gasteiger partial charge in [0.25, 0.3) is 0 Å². The number of rotatable bonds is 7. The lowest BCUT2D eigenvalue weighted by atomic mass is 10.1. The van der Waals surface area contributed by atoms with Crippen molar-refractivity contribution in [2.75, 3.05) is 6.26 Å². The smallest absolute Gasteiger partial charge is 0.408 e. The van der Waals surface area contributed by atoms with Crippen LogP contribution in [0, 0.1) is 0 Å². The Balaban J connectivity index is 2.79. The van der Waals surface area contributed by atoms with Gasteiger partial charge in [0, 0.05) is 11.7 Å². The van der Waals surface area contributed by atoms with E-state index in [1.54, 1.807) is 20.8 Å². The highest BCUT2D eigenvalue weighted by molar-refractivity contribution is 7.93. The van der Waals surface area contributed by atoms with Gasteiger partial charge in [0.05, 0.1) is 6.04 Å². The first-order chi connectivity index (χ1) is 12.4. The van der Waals surface area contributed by atoms with Crippen LogP contribution in [0.2, 0.25) is 0 Å². The van der Waals surface area contributed by atoms with Gasteiger partial charge in [-0.15, -0.1) is 0 Å². The SMILES string of the molecule is CC(NC(=O)OC(C)(C)C)C(=O)NC(C=CS(C)(=O)=O)Cc1ccccc1. The predicted octanol–water partition coefficient (Wildman–Crippen LogP) is 2.19. The number of alkyl carbamates (subject to hydrolysis) is 1. The summed E-state index contributed by atoms with van der Waals surface area (Å²) in [5.41, 5.74) is 0.266. The molecular formula is C19H28N2O5S. The van der Waals surface area contributed by atoms with Crippen molar-refractivity contribution in [3.63, 3.8) is 0 Å². The first-order valence-electron chi connectivity index (χ1n) is 8.58. The molecule has 0 aliphatic rings. The van der Waals surface area contributed by atoms with Crippen molar-refractivity contribution in [3.05, 3.63) is 47.4 Å². The highest BCUT2D eigenvalue weighted by atomic mass is 32.2. The molecule has 2 amide bonds. The molecule has 1 aromatic carbocycles. The lowest BCUT2D eigenvalue weighted by Gasteiger charge is -2.23. The van der Waals surface area contributed by atoms with Crippen LogP contribution in [0.4, 0.5) is 4.79 Å². The summed E-state index contributed by atoms with van der Waals surface area (Å²) in [4.78, 5) is 24.2. The third-order valence-electron chi connectivity index (χ3n) is 3.31. The van der Waals surface area contributed by atoms with Crippen LogP contribution in [0.3, 0.4) is 0 Å². The van der Waals surface area contributed by atoms with E-state index in [4.69, 9.17) is 4.74 Å². The van der Waals surface area contributed by atoms with E-state index in [-0.39, 0.29) is 0 Å². The number of sulfone groups is 1. The molecule has 7 nitrogen and oxygen atoms in total. The topological polar surface area (TPSA) is 102 Å². The predicted molar refractivity (Wildman–Crippen MR) is 105 cm³/mol. The number of carbonyl (C=O) groups excluding carboxylic acids is 2. The summed E-state index contributed by atoms with van der Waals surface area (Å²) in [6.07, 6.45) is 2.23. The fraction of sp³-hybridized carbons (Fsp3) is 0.474. The van der Waals surface area contributed by atoms with Crippen LogP contribution in [-0.2, 0) is 25.8 Å². The summed E-state index contributed by atoms with van der Waals surface area (Å²) >= 11 is 0. The highest BCUT2D eigenvalue weighted by Crippen LogP contribution is 2.08. The Hall–Kier alpha value is -2.35. The lowest BCUT2D eigenvalue weighted by molar-refractivity contribution is -0.123. The average molecular weight is 397 g/mol. The molecule has 0 saturated heterocycles. The molecule has 0 aromatic heterocycles. The summed E-state index contributed by atoms with van der Waals surface area (Å²) in [5.74, 6) is -0.444. The normalized spacial score (nSPS) is 14.4. The molecule has 1 aromatic rings. The summed E-state index contributed by atoms with van der Waals surface area (Å²) in [6, 6.07) is 7.98. The van der Waals surface area contributed by atoms with Crippen molar-refractivity contribution >= 4 is 21.8 Å². The average Bonchev–Trinajstić information content (AvgIpc) is 2.50. The van der Waals surface area contributed by atoms with Crippen LogP contribution in [0.5, 0.6) is 0 Å². The summed E-state index contributed by atoms with van der Waals surface area (Å²) in [7, 11) is -3.33. The molecule has 8 heteroatoms. The summed E-state index contributed by atoms with van der Waals surface area (Å²) < 4.78 is 28.0. The molecule has 150 valence electrons. The minimum absolute atomic E-state index is 0.414. The number of ether oxygens (including phenoxy) is 1. The van der Waals surface area contributed by atoms with Crippen LogP contribution in [0.1, 0.15) is 33.3 Å². The summed E-state index contributed by atoms with van der Waals surface area (Å²) in [5, 5.41) is 6.27. The number of carbonyl (C=O) groups is 2. The van der Waals surface area contributed by atoms with E-state index in [2.05, 4.69) is 10.6 Å². The monoisotopic (exact) mass is 396 g/mol. The van der Waals surface area contributed by atoms with E-state index in [0.717, 1.165) is 17.2 Å². The number of nitrogens with one attached hydrogen (secondary N) is 2. The van der Waals surface area contributed by atoms with Gasteiger partial charge in [-0.1, -0.05) is 36.4 Å². The van der Waals surface area contributed by atoms with Crippen LogP contribution < -0.4 is 10.6 Å². The zero-order chi connectivity index (χ0) is 20.7. The molecule has 2 atom stereocenters. The van der Waals surface area contributed by atoms with Gasteiger partial charge in [0.2, 0.25) is 5.91 Å². The van der Waals surface area contributed by atoms with Crippen LogP contribution >= 0.6 is 0 Å². The van der Waals surface area contributed by atoms with E-state index in [1.165, 1.54) is 13.0 Å². The van der Waals surface area contributed by atoms with Crippen molar-refractivity contribution < 1.29 is 22.7 Å². The number of hydrogen-bond acceptors (Lipinski definition) is 5. The third-order valence-corrected chi connectivity index (χ3v) is 3.96. The van der Waals surface area contributed by atoms with Gasteiger partial charge >= 0.3 is 6.09 Å². The van der Waals surface area contributed by atoms with Crippen molar-refractivity contribution in [3.8, 4) is 0 Å². The molecule has 2 N–H and O–H groups in total. The first-order valence-corrected chi connectivity index (χ1v) is 10.5. The molecule has 0 heterocycles. The first kappa shape index (κ1) is 22.7. The van der Waals surface area contributed by atoms with Gasteiger partial charge < -0.3 is 15.4 Å². The van der Waals surface area contributed by atoms with Crippen molar-refractivity contribution in [1.82, 2.24) is 10.6 Å². The van der Waals surface area contributed by atoms with E-state index in [0.29, 0.717) is 6.42 Å². The quantitative estimate of drug-likeness (QED) is 0.736. The highest BCUT2D eigenvalue weighted by Gasteiger charge is 2.22. The Labute approximate surface area is 161 Å². The summed E-state index contributed by atoms with van der Waals surface area (Å²) in [6.45, 7) is 6.70. The van der Waals surface area contributed by atoms with Gasteiger partial charge in [0.15, 0.2) is 9.84 Å². The molecule has 0 radical (unpaired) electrons. The van der Waals surface area contributed by atoms with E-state index < -0.39 is 39.5 Å².